The van der Waals surface area contributed by atoms with Crippen LogP contribution in [0.1, 0.15) is 5.56 Å². The van der Waals surface area contributed by atoms with E-state index in [2.05, 4.69) is 0 Å². The van der Waals surface area contributed by atoms with E-state index in [0.717, 1.165) is 16.9 Å². The second-order valence-corrected chi connectivity index (χ2v) is 10.9. The Bertz CT molecular complexity index is 977. The van der Waals surface area contributed by atoms with Gasteiger partial charge in [0.1, 0.15) is 14.9 Å². The molecule has 0 atom stereocenters. The number of rotatable bonds is 5. The van der Waals surface area contributed by atoms with Gasteiger partial charge >= 0.3 is 0 Å². The Hall–Kier alpha value is -1.46. The summed E-state index contributed by atoms with van der Waals surface area (Å²) in [4.78, 5) is 0.106. The summed E-state index contributed by atoms with van der Waals surface area (Å²) in [6.45, 7) is 2.25. The van der Waals surface area contributed by atoms with Crippen molar-refractivity contribution in [2.24, 2.45) is 0 Å². The van der Waals surface area contributed by atoms with Gasteiger partial charge in [-0.2, -0.15) is 8.61 Å². The topological polar surface area (TPSA) is 84.0 Å². The van der Waals surface area contributed by atoms with Crippen molar-refractivity contribution in [1.29, 1.82) is 0 Å². The van der Waals surface area contributed by atoms with Crippen LogP contribution in [0.2, 0.25) is 0 Å². The van der Waals surface area contributed by atoms with E-state index in [4.69, 9.17) is 4.74 Å². The zero-order valence-corrected chi connectivity index (χ0v) is 16.9. The van der Waals surface area contributed by atoms with Gasteiger partial charge < -0.3 is 4.74 Å². The molecule has 3 rings (SSSR count). The van der Waals surface area contributed by atoms with Gasteiger partial charge in [0.05, 0.1) is 7.11 Å². The highest BCUT2D eigenvalue weighted by Gasteiger charge is 2.35. The van der Waals surface area contributed by atoms with Gasteiger partial charge in [0.25, 0.3) is 10.0 Å². The molecule has 1 aromatic carbocycles. The summed E-state index contributed by atoms with van der Waals surface area (Å²) in [5.41, 5.74) is 0.809. The molecule has 1 aliphatic rings. The lowest BCUT2D eigenvalue weighted by molar-refractivity contribution is 0.272. The standard InChI is InChI=1S/C16H20N2O5S3/c1-13-5-6-14(23-2)15(12-13)25(19,20)17-7-9-18(10-8-17)26(21,22)16-4-3-11-24-16/h3-6,11-12H,7-10H2,1-2H3. The van der Waals surface area contributed by atoms with Crippen LogP contribution in [-0.2, 0) is 20.0 Å². The number of methoxy groups -OCH3 is 1. The number of aryl methyl sites for hydroxylation is 1. The summed E-state index contributed by atoms with van der Waals surface area (Å²) in [6.07, 6.45) is 0. The molecule has 1 aliphatic heterocycles. The Morgan fingerprint density at radius 1 is 0.962 bits per heavy atom. The first kappa shape index (κ1) is 19.3. The van der Waals surface area contributed by atoms with Gasteiger partial charge in [0.15, 0.2) is 0 Å². The monoisotopic (exact) mass is 416 g/mol. The number of sulfonamides is 2. The van der Waals surface area contributed by atoms with Crippen LogP contribution in [0.15, 0.2) is 44.8 Å². The van der Waals surface area contributed by atoms with Gasteiger partial charge in [-0.15, -0.1) is 11.3 Å². The van der Waals surface area contributed by atoms with Crippen LogP contribution < -0.4 is 4.74 Å². The third-order valence-corrected chi connectivity index (χ3v) is 9.42. The first-order chi connectivity index (χ1) is 12.3. The van der Waals surface area contributed by atoms with Gasteiger partial charge in [-0.3, -0.25) is 0 Å². The van der Waals surface area contributed by atoms with Crippen molar-refractivity contribution < 1.29 is 21.6 Å². The first-order valence-electron chi connectivity index (χ1n) is 7.95. The predicted octanol–water partition coefficient (Wildman–Crippen LogP) is 1.76. The molecular formula is C16H20N2O5S3. The number of piperazine rings is 1. The minimum Gasteiger partial charge on any atom is -0.495 e. The maximum atomic E-state index is 13.0. The highest BCUT2D eigenvalue weighted by atomic mass is 32.2. The fourth-order valence-electron chi connectivity index (χ4n) is 2.81. The smallest absolute Gasteiger partial charge is 0.252 e. The van der Waals surface area contributed by atoms with Gasteiger partial charge in [-0.1, -0.05) is 12.1 Å². The molecule has 26 heavy (non-hydrogen) atoms. The second kappa shape index (κ2) is 7.28. The van der Waals surface area contributed by atoms with Crippen LogP contribution in [0, 0.1) is 6.92 Å². The quantitative estimate of drug-likeness (QED) is 0.742. The van der Waals surface area contributed by atoms with Gasteiger partial charge in [-0.25, -0.2) is 16.8 Å². The zero-order chi connectivity index (χ0) is 18.9. The number of thiophene rings is 1. The van der Waals surface area contributed by atoms with E-state index in [1.54, 1.807) is 35.7 Å². The minimum absolute atomic E-state index is 0.101. The minimum atomic E-state index is -3.76. The average molecular weight is 417 g/mol. The van der Waals surface area contributed by atoms with Crippen LogP contribution >= 0.6 is 11.3 Å². The highest BCUT2D eigenvalue weighted by Crippen LogP contribution is 2.29. The first-order valence-corrected chi connectivity index (χ1v) is 11.7. The molecule has 2 heterocycles. The molecule has 0 saturated carbocycles. The van der Waals surface area contributed by atoms with Crippen molar-refractivity contribution >= 4 is 31.4 Å². The fourth-order valence-corrected chi connectivity index (χ4v) is 7.04. The average Bonchev–Trinajstić information content (AvgIpc) is 3.17. The van der Waals surface area contributed by atoms with Crippen molar-refractivity contribution in [2.75, 3.05) is 33.3 Å². The molecule has 0 unspecified atom stereocenters. The van der Waals surface area contributed by atoms with Crippen molar-refractivity contribution in [3.05, 3.63) is 41.3 Å². The molecule has 142 valence electrons. The van der Waals surface area contributed by atoms with Crippen LogP contribution in [0.25, 0.3) is 0 Å². The lowest BCUT2D eigenvalue weighted by Crippen LogP contribution is -2.50. The number of benzene rings is 1. The van der Waals surface area contributed by atoms with Gasteiger partial charge in [0.2, 0.25) is 10.0 Å². The molecule has 10 heteroatoms. The van der Waals surface area contributed by atoms with E-state index < -0.39 is 20.0 Å². The molecule has 7 nitrogen and oxygen atoms in total. The lowest BCUT2D eigenvalue weighted by Gasteiger charge is -2.33. The van der Waals surface area contributed by atoms with E-state index in [1.807, 2.05) is 6.92 Å². The summed E-state index contributed by atoms with van der Waals surface area (Å²) in [5, 5.41) is 1.71. The van der Waals surface area contributed by atoms with Crippen molar-refractivity contribution in [3.63, 3.8) is 0 Å². The van der Waals surface area contributed by atoms with Crippen LogP contribution in [0.5, 0.6) is 5.75 Å². The summed E-state index contributed by atoms with van der Waals surface area (Å²) in [5.74, 6) is 0.282. The number of hydrogen-bond donors (Lipinski definition) is 0. The molecular weight excluding hydrogens is 396 g/mol. The van der Waals surface area contributed by atoms with Gasteiger partial charge in [-0.05, 0) is 36.1 Å². The van der Waals surface area contributed by atoms with E-state index in [1.165, 1.54) is 15.7 Å². The summed E-state index contributed by atoms with van der Waals surface area (Å²) in [7, 11) is -5.90. The maximum absolute atomic E-state index is 13.0. The predicted molar refractivity (Wildman–Crippen MR) is 99.6 cm³/mol. The molecule has 0 radical (unpaired) electrons. The van der Waals surface area contributed by atoms with Crippen LogP contribution in [0.4, 0.5) is 0 Å². The second-order valence-electron chi connectivity index (χ2n) is 5.89. The summed E-state index contributed by atoms with van der Waals surface area (Å²) < 4.78 is 59.2. The van der Waals surface area contributed by atoms with Gasteiger partial charge in [0, 0.05) is 26.2 Å². The van der Waals surface area contributed by atoms with Crippen LogP contribution in [-0.4, -0.2) is 58.7 Å². The Labute approximate surface area is 157 Å². The van der Waals surface area contributed by atoms with Crippen LogP contribution in [0.3, 0.4) is 0 Å². The van der Waals surface area contributed by atoms with E-state index >= 15 is 0 Å². The Kier molecular flexibility index (Phi) is 5.40. The SMILES string of the molecule is COc1ccc(C)cc1S(=O)(=O)N1CCN(S(=O)(=O)c2cccs2)CC1. The third kappa shape index (κ3) is 3.52. The molecule has 0 N–H and O–H groups in total. The van der Waals surface area contributed by atoms with Crippen molar-refractivity contribution in [1.82, 2.24) is 8.61 Å². The third-order valence-electron chi connectivity index (χ3n) is 4.22. The number of hydrogen-bond acceptors (Lipinski definition) is 6. The molecule has 1 fully saturated rings. The fraction of sp³-hybridized carbons (Fsp3) is 0.375. The molecule has 1 aromatic heterocycles. The zero-order valence-electron chi connectivity index (χ0n) is 14.5. The van der Waals surface area contributed by atoms with E-state index in [9.17, 15) is 16.8 Å². The Balaban J connectivity index is 1.81. The summed E-state index contributed by atoms with van der Waals surface area (Å²) in [6, 6.07) is 8.22. The Morgan fingerprint density at radius 2 is 1.58 bits per heavy atom. The molecule has 0 bridgehead atoms. The molecule has 0 amide bonds. The van der Waals surface area contributed by atoms with E-state index in [0.29, 0.717) is 0 Å². The number of ether oxygens (including phenoxy) is 1. The molecule has 1 saturated heterocycles. The lowest BCUT2D eigenvalue weighted by atomic mass is 10.2. The number of nitrogens with zero attached hydrogens (tertiary/aromatic N) is 2. The molecule has 0 spiro atoms. The Morgan fingerprint density at radius 3 is 2.12 bits per heavy atom. The summed E-state index contributed by atoms with van der Waals surface area (Å²) >= 11 is 1.16. The largest absolute Gasteiger partial charge is 0.495 e. The molecule has 0 aliphatic carbocycles. The highest BCUT2D eigenvalue weighted by molar-refractivity contribution is 7.91. The maximum Gasteiger partial charge on any atom is 0.252 e. The van der Waals surface area contributed by atoms with Crippen molar-refractivity contribution in [2.45, 2.75) is 16.0 Å². The normalized spacial score (nSPS) is 17.3. The molecule has 2 aromatic rings. The van der Waals surface area contributed by atoms with E-state index in [-0.39, 0.29) is 41.0 Å². The van der Waals surface area contributed by atoms with Crippen molar-refractivity contribution in [3.8, 4) is 5.75 Å².